The van der Waals surface area contributed by atoms with Crippen LogP contribution in [-0.2, 0) is 5.54 Å². The summed E-state index contributed by atoms with van der Waals surface area (Å²) < 4.78 is 0. The SMILES string of the molecule is NNC(=O)c1cnc(NC2(c3c(Cl)cccc3Cl)CCC2)nc1. The zero-order valence-corrected chi connectivity index (χ0v) is 13.7. The fraction of sp³-hybridized carbons (Fsp3) is 0.267. The van der Waals surface area contributed by atoms with Crippen molar-refractivity contribution in [1.82, 2.24) is 15.4 Å². The molecule has 0 aliphatic heterocycles. The number of carbonyl (C=O) groups excluding carboxylic acids is 1. The lowest BCUT2D eigenvalue weighted by Gasteiger charge is -2.44. The summed E-state index contributed by atoms with van der Waals surface area (Å²) in [6.45, 7) is 0. The Morgan fingerprint density at radius 2 is 1.78 bits per heavy atom. The summed E-state index contributed by atoms with van der Waals surface area (Å²) >= 11 is 12.7. The molecule has 1 aliphatic carbocycles. The smallest absolute Gasteiger partial charge is 0.268 e. The first-order valence-corrected chi connectivity index (χ1v) is 7.87. The highest BCUT2D eigenvalue weighted by Gasteiger charge is 2.42. The van der Waals surface area contributed by atoms with Crippen molar-refractivity contribution < 1.29 is 4.79 Å². The third kappa shape index (κ3) is 2.97. The molecule has 1 amide bonds. The molecule has 1 heterocycles. The number of halogens is 2. The van der Waals surface area contributed by atoms with Gasteiger partial charge in [-0.2, -0.15) is 0 Å². The van der Waals surface area contributed by atoms with Crippen LogP contribution in [0.2, 0.25) is 10.0 Å². The van der Waals surface area contributed by atoms with Gasteiger partial charge >= 0.3 is 0 Å². The van der Waals surface area contributed by atoms with Crippen LogP contribution in [0.15, 0.2) is 30.6 Å². The number of hydrazine groups is 1. The molecule has 0 bridgehead atoms. The number of benzene rings is 1. The van der Waals surface area contributed by atoms with E-state index in [1.165, 1.54) is 12.4 Å². The molecule has 2 aromatic rings. The van der Waals surface area contributed by atoms with Gasteiger partial charge in [0.15, 0.2) is 0 Å². The molecule has 1 aliphatic rings. The van der Waals surface area contributed by atoms with E-state index in [0.29, 0.717) is 16.0 Å². The van der Waals surface area contributed by atoms with Gasteiger partial charge in [-0.3, -0.25) is 10.2 Å². The minimum atomic E-state index is -0.441. The van der Waals surface area contributed by atoms with Gasteiger partial charge in [0.25, 0.3) is 5.91 Å². The second-order valence-corrected chi connectivity index (χ2v) is 6.24. The molecule has 1 fully saturated rings. The number of carbonyl (C=O) groups is 1. The van der Waals surface area contributed by atoms with Gasteiger partial charge in [0, 0.05) is 28.0 Å². The van der Waals surface area contributed by atoms with Gasteiger partial charge in [0.05, 0.1) is 11.1 Å². The lowest BCUT2D eigenvalue weighted by atomic mass is 9.72. The van der Waals surface area contributed by atoms with Crippen molar-refractivity contribution in [2.24, 2.45) is 5.84 Å². The molecular weight excluding hydrogens is 337 g/mol. The van der Waals surface area contributed by atoms with Crippen molar-refractivity contribution in [3.8, 4) is 0 Å². The molecule has 3 rings (SSSR count). The van der Waals surface area contributed by atoms with E-state index in [9.17, 15) is 4.79 Å². The summed E-state index contributed by atoms with van der Waals surface area (Å²) in [5, 5.41) is 4.55. The summed E-state index contributed by atoms with van der Waals surface area (Å²) in [5.41, 5.74) is 2.81. The molecule has 120 valence electrons. The van der Waals surface area contributed by atoms with Gasteiger partial charge in [-0.25, -0.2) is 15.8 Å². The zero-order chi connectivity index (χ0) is 16.4. The summed E-state index contributed by atoms with van der Waals surface area (Å²) in [4.78, 5) is 19.8. The Kier molecular flexibility index (Phi) is 4.39. The van der Waals surface area contributed by atoms with Crippen LogP contribution in [0.4, 0.5) is 5.95 Å². The number of nitrogen functional groups attached to an aromatic ring is 1. The number of anilines is 1. The van der Waals surface area contributed by atoms with Gasteiger partial charge in [-0.15, -0.1) is 0 Å². The average molecular weight is 352 g/mol. The Bertz CT molecular complexity index is 711. The van der Waals surface area contributed by atoms with Gasteiger partial charge in [-0.1, -0.05) is 29.3 Å². The van der Waals surface area contributed by atoms with Crippen LogP contribution in [0.25, 0.3) is 0 Å². The highest BCUT2D eigenvalue weighted by molar-refractivity contribution is 6.36. The van der Waals surface area contributed by atoms with Gasteiger partial charge in [0.1, 0.15) is 0 Å². The van der Waals surface area contributed by atoms with Crippen molar-refractivity contribution in [3.63, 3.8) is 0 Å². The monoisotopic (exact) mass is 351 g/mol. The van der Waals surface area contributed by atoms with Crippen molar-refractivity contribution in [3.05, 3.63) is 51.8 Å². The molecule has 4 N–H and O–H groups in total. The molecule has 0 atom stereocenters. The first kappa shape index (κ1) is 16.0. The van der Waals surface area contributed by atoms with Gasteiger partial charge in [0.2, 0.25) is 5.95 Å². The normalized spacial score (nSPS) is 15.6. The van der Waals surface area contributed by atoms with Gasteiger partial charge in [-0.05, 0) is 31.4 Å². The van der Waals surface area contributed by atoms with E-state index in [0.717, 1.165) is 24.8 Å². The Morgan fingerprint density at radius 3 is 2.26 bits per heavy atom. The van der Waals surface area contributed by atoms with Crippen LogP contribution in [0, 0.1) is 0 Å². The van der Waals surface area contributed by atoms with E-state index < -0.39 is 5.91 Å². The number of nitrogens with two attached hydrogens (primary N) is 1. The molecule has 6 nitrogen and oxygen atoms in total. The summed E-state index contributed by atoms with van der Waals surface area (Å²) in [5.74, 6) is 5.05. The highest BCUT2D eigenvalue weighted by Crippen LogP contribution is 2.48. The Labute approximate surface area is 143 Å². The first-order chi connectivity index (χ1) is 11.1. The summed E-state index contributed by atoms with van der Waals surface area (Å²) in [6, 6.07) is 5.46. The van der Waals surface area contributed by atoms with E-state index in [1.54, 1.807) is 0 Å². The fourth-order valence-corrected chi connectivity index (χ4v) is 3.49. The number of amides is 1. The third-order valence-electron chi connectivity index (χ3n) is 4.04. The first-order valence-electron chi connectivity index (χ1n) is 7.11. The topological polar surface area (TPSA) is 92.9 Å². The number of aromatic nitrogens is 2. The zero-order valence-electron chi connectivity index (χ0n) is 12.1. The van der Waals surface area contributed by atoms with Gasteiger partial charge < -0.3 is 5.32 Å². The van der Waals surface area contributed by atoms with E-state index in [2.05, 4.69) is 15.3 Å². The Hall–Kier alpha value is -1.89. The third-order valence-corrected chi connectivity index (χ3v) is 4.67. The highest BCUT2D eigenvalue weighted by atomic mass is 35.5. The molecular formula is C15H15Cl2N5O. The number of nitrogens with one attached hydrogen (secondary N) is 2. The molecule has 0 unspecified atom stereocenters. The second-order valence-electron chi connectivity index (χ2n) is 5.43. The average Bonchev–Trinajstić information content (AvgIpc) is 2.52. The summed E-state index contributed by atoms with van der Waals surface area (Å²) in [7, 11) is 0. The number of hydrogen-bond acceptors (Lipinski definition) is 5. The fourth-order valence-electron chi connectivity index (χ4n) is 2.73. The van der Waals surface area contributed by atoms with Crippen LogP contribution in [0.1, 0.15) is 35.2 Å². The predicted octanol–water partition coefficient (Wildman–Crippen LogP) is 2.88. The minimum absolute atomic E-state index is 0.288. The molecule has 1 aromatic carbocycles. The molecule has 0 saturated heterocycles. The maximum Gasteiger partial charge on any atom is 0.268 e. The largest absolute Gasteiger partial charge is 0.345 e. The molecule has 23 heavy (non-hydrogen) atoms. The van der Waals surface area contributed by atoms with Crippen molar-refractivity contribution >= 4 is 35.1 Å². The van der Waals surface area contributed by atoms with Crippen LogP contribution >= 0.6 is 23.2 Å². The van der Waals surface area contributed by atoms with Crippen molar-refractivity contribution in [2.45, 2.75) is 24.8 Å². The Balaban J connectivity index is 1.89. The number of hydrogen-bond donors (Lipinski definition) is 3. The van der Waals surface area contributed by atoms with Crippen molar-refractivity contribution in [2.75, 3.05) is 5.32 Å². The number of nitrogens with zero attached hydrogens (tertiary/aromatic N) is 2. The lowest BCUT2D eigenvalue weighted by molar-refractivity contribution is 0.0953. The molecule has 8 heteroatoms. The van der Waals surface area contributed by atoms with E-state index in [1.807, 2.05) is 23.6 Å². The lowest BCUT2D eigenvalue weighted by Crippen LogP contribution is -2.43. The quantitative estimate of drug-likeness (QED) is 0.447. The maximum atomic E-state index is 11.4. The predicted molar refractivity (Wildman–Crippen MR) is 89.3 cm³/mol. The van der Waals surface area contributed by atoms with Crippen LogP contribution in [0.3, 0.4) is 0 Å². The molecule has 1 saturated carbocycles. The van der Waals surface area contributed by atoms with Crippen LogP contribution in [0.5, 0.6) is 0 Å². The summed E-state index contributed by atoms with van der Waals surface area (Å²) in [6.07, 6.45) is 5.65. The second kappa shape index (κ2) is 6.31. The molecule has 1 aromatic heterocycles. The van der Waals surface area contributed by atoms with Crippen LogP contribution in [-0.4, -0.2) is 15.9 Å². The van der Waals surface area contributed by atoms with Crippen molar-refractivity contribution in [1.29, 1.82) is 0 Å². The van der Waals surface area contributed by atoms with E-state index in [-0.39, 0.29) is 11.1 Å². The molecule has 0 spiro atoms. The van der Waals surface area contributed by atoms with E-state index >= 15 is 0 Å². The standard InChI is InChI=1S/C15H15Cl2N5O/c16-10-3-1-4-11(17)12(10)15(5-2-6-15)21-14-19-7-9(8-20-14)13(23)22-18/h1,3-4,7-8H,2,5-6,18H2,(H,22,23)(H,19,20,21). The van der Waals surface area contributed by atoms with E-state index in [4.69, 9.17) is 29.0 Å². The van der Waals surface area contributed by atoms with Crippen LogP contribution < -0.4 is 16.6 Å². The Morgan fingerprint density at radius 1 is 1.17 bits per heavy atom. The number of rotatable bonds is 4. The minimum Gasteiger partial charge on any atom is -0.345 e. The molecule has 0 radical (unpaired) electrons. The maximum absolute atomic E-state index is 11.4.